The summed E-state index contributed by atoms with van der Waals surface area (Å²) in [6.07, 6.45) is -4.45. The van der Waals surface area contributed by atoms with E-state index in [0.717, 1.165) is 6.07 Å². The van der Waals surface area contributed by atoms with Crippen molar-refractivity contribution >= 4 is 32.5 Å². The molecule has 0 radical (unpaired) electrons. The summed E-state index contributed by atoms with van der Waals surface area (Å²) >= 11 is 3.34. The Bertz CT molecular complexity index is 608. The second kappa shape index (κ2) is 4.42. The van der Waals surface area contributed by atoms with Gasteiger partial charge in [-0.3, -0.25) is 0 Å². The quantitative estimate of drug-likeness (QED) is 0.844. The smallest absolute Gasteiger partial charge is 0.387 e. The number of pyridine rings is 1. The lowest BCUT2D eigenvalue weighted by molar-refractivity contribution is -0.140. The standard InChI is InChI=1S/C12H10BrF3N2/c1-6-3-4-7(13)10-8(17-2)5-9(12(14,15)16)18-11(6)10/h3-5H,1-2H3,(H,17,18). The van der Waals surface area contributed by atoms with Crippen LogP contribution in [-0.2, 0) is 6.18 Å². The summed E-state index contributed by atoms with van der Waals surface area (Å²) in [4.78, 5) is 3.72. The average Bonchev–Trinajstić information content (AvgIpc) is 2.31. The SMILES string of the molecule is CNc1cc(C(F)(F)F)nc2c(C)ccc(Br)c12. The highest BCUT2D eigenvalue weighted by Crippen LogP contribution is 2.36. The third-order valence-electron chi connectivity index (χ3n) is 2.67. The van der Waals surface area contributed by atoms with Crippen molar-refractivity contribution in [3.63, 3.8) is 0 Å². The zero-order valence-corrected chi connectivity index (χ0v) is 11.3. The molecular weight excluding hydrogens is 309 g/mol. The van der Waals surface area contributed by atoms with Gasteiger partial charge >= 0.3 is 6.18 Å². The Labute approximate surface area is 110 Å². The van der Waals surface area contributed by atoms with Gasteiger partial charge in [-0.15, -0.1) is 0 Å². The third-order valence-corrected chi connectivity index (χ3v) is 3.33. The molecule has 2 rings (SSSR count). The molecule has 1 N–H and O–H groups in total. The molecule has 2 nitrogen and oxygen atoms in total. The van der Waals surface area contributed by atoms with Crippen LogP contribution in [0.5, 0.6) is 0 Å². The first kappa shape index (κ1) is 13.1. The number of nitrogens with zero attached hydrogens (tertiary/aromatic N) is 1. The van der Waals surface area contributed by atoms with Crippen molar-refractivity contribution in [1.29, 1.82) is 0 Å². The van der Waals surface area contributed by atoms with Crippen LogP contribution in [0.1, 0.15) is 11.3 Å². The van der Waals surface area contributed by atoms with Crippen molar-refractivity contribution < 1.29 is 13.2 Å². The zero-order chi connectivity index (χ0) is 13.5. The van der Waals surface area contributed by atoms with Gasteiger partial charge in [-0.25, -0.2) is 4.98 Å². The average molecular weight is 319 g/mol. The maximum atomic E-state index is 12.8. The first-order valence-corrected chi connectivity index (χ1v) is 5.98. The summed E-state index contributed by atoms with van der Waals surface area (Å²) < 4.78 is 39.0. The second-order valence-electron chi connectivity index (χ2n) is 3.89. The number of hydrogen-bond donors (Lipinski definition) is 1. The van der Waals surface area contributed by atoms with Crippen molar-refractivity contribution in [2.75, 3.05) is 12.4 Å². The molecular formula is C12H10BrF3N2. The number of hydrogen-bond acceptors (Lipinski definition) is 2. The molecule has 0 spiro atoms. The summed E-state index contributed by atoms with van der Waals surface area (Å²) in [5.74, 6) is 0. The molecule has 2 aromatic rings. The van der Waals surface area contributed by atoms with E-state index in [9.17, 15) is 13.2 Å². The van der Waals surface area contributed by atoms with E-state index in [1.165, 1.54) is 0 Å². The lowest BCUT2D eigenvalue weighted by Gasteiger charge is -2.13. The summed E-state index contributed by atoms with van der Waals surface area (Å²) in [6, 6.07) is 4.55. The number of halogens is 4. The molecule has 0 unspecified atom stereocenters. The Morgan fingerprint density at radius 1 is 1.28 bits per heavy atom. The Hall–Kier alpha value is -1.30. The molecule has 0 aliphatic rings. The van der Waals surface area contributed by atoms with Gasteiger partial charge in [0.2, 0.25) is 0 Å². The number of fused-ring (bicyclic) bond motifs is 1. The lowest BCUT2D eigenvalue weighted by atomic mass is 10.1. The van der Waals surface area contributed by atoms with Crippen LogP contribution < -0.4 is 5.32 Å². The minimum absolute atomic E-state index is 0.351. The molecule has 18 heavy (non-hydrogen) atoms. The van der Waals surface area contributed by atoms with Crippen molar-refractivity contribution in [2.45, 2.75) is 13.1 Å². The molecule has 0 aliphatic carbocycles. The van der Waals surface area contributed by atoms with Crippen molar-refractivity contribution in [2.24, 2.45) is 0 Å². The van der Waals surface area contributed by atoms with E-state index < -0.39 is 11.9 Å². The summed E-state index contributed by atoms with van der Waals surface area (Å²) in [5.41, 5.74) is 0.572. The topological polar surface area (TPSA) is 24.9 Å². The molecule has 1 aromatic heterocycles. The van der Waals surface area contributed by atoms with E-state index in [0.29, 0.717) is 26.6 Å². The summed E-state index contributed by atoms with van der Waals surface area (Å²) in [5, 5.41) is 3.44. The van der Waals surface area contributed by atoms with Crippen LogP contribution in [0.3, 0.4) is 0 Å². The molecule has 0 amide bonds. The second-order valence-corrected chi connectivity index (χ2v) is 4.75. The van der Waals surface area contributed by atoms with Gasteiger partial charge in [0.05, 0.1) is 5.52 Å². The third kappa shape index (κ3) is 2.16. The van der Waals surface area contributed by atoms with E-state index >= 15 is 0 Å². The van der Waals surface area contributed by atoms with Crippen LogP contribution in [0.4, 0.5) is 18.9 Å². The van der Waals surface area contributed by atoms with Gasteiger partial charge in [0.25, 0.3) is 0 Å². The van der Waals surface area contributed by atoms with Crippen molar-refractivity contribution in [3.05, 3.63) is 33.9 Å². The minimum Gasteiger partial charge on any atom is -0.387 e. The number of benzene rings is 1. The van der Waals surface area contributed by atoms with Crippen LogP contribution in [0.15, 0.2) is 22.7 Å². The van der Waals surface area contributed by atoms with Crippen LogP contribution in [-0.4, -0.2) is 12.0 Å². The first-order chi connectivity index (χ1) is 8.34. The molecule has 0 atom stereocenters. The Kier molecular flexibility index (Phi) is 3.23. The van der Waals surface area contributed by atoms with Crippen LogP contribution in [0, 0.1) is 6.92 Å². The maximum Gasteiger partial charge on any atom is 0.433 e. The van der Waals surface area contributed by atoms with Crippen LogP contribution >= 0.6 is 15.9 Å². The van der Waals surface area contributed by atoms with Gasteiger partial charge < -0.3 is 5.32 Å². The molecule has 1 heterocycles. The van der Waals surface area contributed by atoms with E-state index in [-0.39, 0.29) is 0 Å². The van der Waals surface area contributed by atoms with Gasteiger partial charge in [0.15, 0.2) is 0 Å². The van der Waals surface area contributed by atoms with E-state index in [2.05, 4.69) is 26.2 Å². The molecule has 0 aliphatic heterocycles. The predicted octanol–water partition coefficient (Wildman–Crippen LogP) is 4.37. The van der Waals surface area contributed by atoms with E-state index in [1.807, 2.05) is 0 Å². The van der Waals surface area contributed by atoms with Gasteiger partial charge in [0, 0.05) is 22.6 Å². The summed E-state index contributed by atoms with van der Waals surface area (Å²) in [6.45, 7) is 1.74. The number of anilines is 1. The number of alkyl halides is 3. The van der Waals surface area contributed by atoms with Gasteiger partial charge in [0.1, 0.15) is 5.69 Å². The van der Waals surface area contributed by atoms with Gasteiger partial charge in [-0.2, -0.15) is 13.2 Å². The maximum absolute atomic E-state index is 12.8. The molecule has 0 saturated carbocycles. The summed E-state index contributed by atoms with van der Waals surface area (Å²) in [7, 11) is 1.59. The van der Waals surface area contributed by atoms with E-state index in [4.69, 9.17) is 0 Å². The predicted molar refractivity (Wildman–Crippen MR) is 68.7 cm³/mol. The lowest BCUT2D eigenvalue weighted by Crippen LogP contribution is -2.09. The van der Waals surface area contributed by atoms with Crippen molar-refractivity contribution in [3.8, 4) is 0 Å². The van der Waals surface area contributed by atoms with Gasteiger partial charge in [-0.1, -0.05) is 22.0 Å². The zero-order valence-electron chi connectivity index (χ0n) is 9.69. The van der Waals surface area contributed by atoms with E-state index in [1.54, 1.807) is 26.1 Å². The van der Waals surface area contributed by atoms with Crippen LogP contribution in [0.2, 0.25) is 0 Å². The number of aromatic nitrogens is 1. The molecule has 96 valence electrons. The van der Waals surface area contributed by atoms with Crippen molar-refractivity contribution in [1.82, 2.24) is 4.98 Å². The number of aryl methyl sites for hydroxylation is 1. The Morgan fingerprint density at radius 3 is 2.50 bits per heavy atom. The fourth-order valence-corrected chi connectivity index (χ4v) is 2.31. The highest BCUT2D eigenvalue weighted by atomic mass is 79.9. The van der Waals surface area contributed by atoms with Crippen LogP contribution in [0.25, 0.3) is 10.9 Å². The Balaban J connectivity index is 2.88. The highest BCUT2D eigenvalue weighted by Gasteiger charge is 2.33. The largest absolute Gasteiger partial charge is 0.433 e. The fourth-order valence-electron chi connectivity index (χ4n) is 1.78. The highest BCUT2D eigenvalue weighted by molar-refractivity contribution is 9.10. The first-order valence-electron chi connectivity index (χ1n) is 5.19. The molecule has 0 saturated heterocycles. The van der Waals surface area contributed by atoms with Gasteiger partial charge in [-0.05, 0) is 24.6 Å². The molecule has 0 fully saturated rings. The number of nitrogens with one attached hydrogen (secondary N) is 1. The molecule has 0 bridgehead atoms. The normalized spacial score (nSPS) is 11.9. The Morgan fingerprint density at radius 2 is 1.94 bits per heavy atom. The number of rotatable bonds is 1. The molecule has 1 aromatic carbocycles. The monoisotopic (exact) mass is 318 g/mol. The molecule has 6 heteroatoms. The minimum atomic E-state index is -4.45. The fraction of sp³-hybridized carbons (Fsp3) is 0.250.